The first kappa shape index (κ1) is 21.3. The standard InChI is InChI=1S/C24H29N5O2/c25-12-19-6-8-21(9-7-19)13-28-17-22-15-27(16-23(18-28)31-22)10-11-29(24(26)30)14-20-4-2-1-3-5-20/h1-9,22-23H,10-11,13-18H2,(H2,26,30). The van der Waals surface area contributed by atoms with Gasteiger partial charge in [0.25, 0.3) is 0 Å². The van der Waals surface area contributed by atoms with Crippen molar-refractivity contribution in [3.05, 3.63) is 71.3 Å². The second-order valence-electron chi connectivity index (χ2n) is 8.39. The molecule has 2 saturated heterocycles. The van der Waals surface area contributed by atoms with Gasteiger partial charge < -0.3 is 15.4 Å². The van der Waals surface area contributed by atoms with Gasteiger partial charge in [-0.2, -0.15) is 5.26 Å². The Labute approximate surface area is 183 Å². The van der Waals surface area contributed by atoms with Gasteiger partial charge in [-0.1, -0.05) is 42.5 Å². The smallest absolute Gasteiger partial charge is 0.315 e. The highest BCUT2D eigenvalue weighted by Gasteiger charge is 2.34. The van der Waals surface area contributed by atoms with Crippen molar-refractivity contribution in [2.75, 3.05) is 39.3 Å². The Morgan fingerprint density at radius 2 is 1.65 bits per heavy atom. The summed E-state index contributed by atoms with van der Waals surface area (Å²) >= 11 is 0. The van der Waals surface area contributed by atoms with Crippen molar-refractivity contribution in [1.82, 2.24) is 14.7 Å². The van der Waals surface area contributed by atoms with Gasteiger partial charge in [-0.25, -0.2) is 4.79 Å². The lowest BCUT2D eigenvalue weighted by Crippen LogP contribution is -2.60. The molecule has 2 aliphatic rings. The number of urea groups is 1. The third kappa shape index (κ3) is 5.82. The van der Waals surface area contributed by atoms with Crippen molar-refractivity contribution in [1.29, 1.82) is 5.26 Å². The van der Waals surface area contributed by atoms with Crippen LogP contribution >= 0.6 is 0 Å². The number of nitriles is 1. The molecule has 0 aromatic heterocycles. The average molecular weight is 420 g/mol. The van der Waals surface area contributed by atoms with Crippen LogP contribution < -0.4 is 5.73 Å². The van der Waals surface area contributed by atoms with Gasteiger partial charge in [0.2, 0.25) is 0 Å². The van der Waals surface area contributed by atoms with E-state index in [1.165, 1.54) is 5.56 Å². The molecule has 2 atom stereocenters. The predicted molar refractivity (Wildman–Crippen MR) is 118 cm³/mol. The van der Waals surface area contributed by atoms with Crippen molar-refractivity contribution in [3.63, 3.8) is 0 Å². The maximum absolute atomic E-state index is 11.9. The number of morpholine rings is 2. The lowest BCUT2D eigenvalue weighted by atomic mass is 10.1. The number of rotatable bonds is 7. The number of carbonyl (C=O) groups is 1. The van der Waals surface area contributed by atoms with Crippen LogP contribution in [0.3, 0.4) is 0 Å². The maximum atomic E-state index is 11.9. The Hall–Kier alpha value is -2.92. The average Bonchev–Trinajstić information content (AvgIpc) is 2.77. The topological polar surface area (TPSA) is 85.8 Å². The number of hydrogen-bond acceptors (Lipinski definition) is 5. The zero-order valence-electron chi connectivity index (χ0n) is 17.7. The fraction of sp³-hybridized carbons (Fsp3) is 0.417. The van der Waals surface area contributed by atoms with Gasteiger partial charge in [-0.05, 0) is 23.3 Å². The van der Waals surface area contributed by atoms with Gasteiger partial charge >= 0.3 is 6.03 Å². The van der Waals surface area contributed by atoms with Crippen molar-refractivity contribution < 1.29 is 9.53 Å². The van der Waals surface area contributed by atoms with Crippen LogP contribution in [0.2, 0.25) is 0 Å². The lowest BCUT2D eigenvalue weighted by Gasteiger charge is -2.46. The first-order valence-corrected chi connectivity index (χ1v) is 10.8. The van der Waals surface area contributed by atoms with Crippen LogP contribution in [0.25, 0.3) is 0 Å². The molecule has 2 bridgehead atoms. The molecule has 0 radical (unpaired) electrons. The summed E-state index contributed by atoms with van der Waals surface area (Å²) in [6, 6.07) is 19.5. The van der Waals surface area contributed by atoms with Gasteiger partial charge in [0.1, 0.15) is 0 Å². The summed E-state index contributed by atoms with van der Waals surface area (Å²) in [6.45, 7) is 6.30. The highest BCUT2D eigenvalue weighted by molar-refractivity contribution is 5.72. The van der Waals surface area contributed by atoms with E-state index in [1.807, 2.05) is 54.6 Å². The van der Waals surface area contributed by atoms with E-state index in [0.717, 1.165) is 44.8 Å². The van der Waals surface area contributed by atoms with E-state index in [-0.39, 0.29) is 18.2 Å². The fourth-order valence-corrected chi connectivity index (χ4v) is 4.45. The largest absolute Gasteiger partial charge is 0.370 e. The Morgan fingerprint density at radius 3 is 2.26 bits per heavy atom. The fourth-order valence-electron chi connectivity index (χ4n) is 4.45. The molecule has 2 fully saturated rings. The zero-order chi connectivity index (χ0) is 21.6. The van der Waals surface area contributed by atoms with Crippen LogP contribution in [0.4, 0.5) is 4.79 Å². The summed E-state index contributed by atoms with van der Waals surface area (Å²) < 4.78 is 6.18. The number of carbonyl (C=O) groups excluding carboxylic acids is 1. The Morgan fingerprint density at radius 1 is 1.00 bits per heavy atom. The third-order valence-electron chi connectivity index (χ3n) is 5.94. The SMILES string of the molecule is N#Cc1ccc(CN2CC3CN(CCN(Cc4ccccc4)C(N)=O)CC(C2)O3)cc1. The maximum Gasteiger partial charge on any atom is 0.315 e. The molecule has 7 heteroatoms. The summed E-state index contributed by atoms with van der Waals surface area (Å²) in [5.41, 5.74) is 8.61. The number of primary amides is 1. The number of nitrogens with two attached hydrogens (primary N) is 1. The summed E-state index contributed by atoms with van der Waals surface area (Å²) in [6.07, 6.45) is 0.337. The Kier molecular flexibility index (Phi) is 6.82. The van der Waals surface area contributed by atoms with Gasteiger partial charge in [0, 0.05) is 52.4 Å². The number of hydrogen-bond donors (Lipinski definition) is 1. The monoisotopic (exact) mass is 419 g/mol. The molecule has 2 amide bonds. The molecule has 2 aromatic carbocycles. The number of amides is 2. The molecule has 4 rings (SSSR count). The van der Waals surface area contributed by atoms with E-state index in [0.29, 0.717) is 18.7 Å². The van der Waals surface area contributed by atoms with E-state index in [9.17, 15) is 4.79 Å². The molecule has 162 valence electrons. The van der Waals surface area contributed by atoms with Crippen LogP contribution in [0.15, 0.2) is 54.6 Å². The van der Waals surface area contributed by atoms with Crippen molar-refractivity contribution in [2.45, 2.75) is 25.3 Å². The van der Waals surface area contributed by atoms with E-state index < -0.39 is 0 Å². The summed E-state index contributed by atoms with van der Waals surface area (Å²) in [5.74, 6) is 0. The summed E-state index contributed by atoms with van der Waals surface area (Å²) in [4.78, 5) is 18.4. The third-order valence-corrected chi connectivity index (χ3v) is 5.94. The van der Waals surface area contributed by atoms with Crippen LogP contribution in [-0.4, -0.2) is 72.2 Å². The first-order valence-electron chi connectivity index (χ1n) is 10.8. The van der Waals surface area contributed by atoms with Crippen molar-refractivity contribution in [2.24, 2.45) is 5.73 Å². The quantitative estimate of drug-likeness (QED) is 0.742. The number of nitrogens with zero attached hydrogens (tertiary/aromatic N) is 4. The van der Waals surface area contributed by atoms with Crippen LogP contribution in [0.1, 0.15) is 16.7 Å². The highest BCUT2D eigenvalue weighted by atomic mass is 16.5. The Balaban J connectivity index is 1.27. The van der Waals surface area contributed by atoms with E-state index in [2.05, 4.69) is 15.9 Å². The normalized spacial score (nSPS) is 21.4. The summed E-state index contributed by atoms with van der Waals surface area (Å²) in [7, 11) is 0. The van der Waals surface area contributed by atoms with Gasteiger partial charge in [-0.15, -0.1) is 0 Å². The minimum absolute atomic E-state index is 0.169. The molecular weight excluding hydrogens is 390 g/mol. The molecule has 0 spiro atoms. The van der Waals surface area contributed by atoms with Gasteiger partial charge in [0.05, 0.1) is 23.8 Å². The summed E-state index contributed by atoms with van der Waals surface area (Å²) in [5, 5.41) is 8.96. The molecule has 2 heterocycles. The van der Waals surface area contributed by atoms with E-state index in [4.69, 9.17) is 15.7 Å². The van der Waals surface area contributed by atoms with Gasteiger partial charge in [-0.3, -0.25) is 9.80 Å². The second-order valence-corrected chi connectivity index (χ2v) is 8.39. The molecule has 2 aliphatic heterocycles. The van der Waals surface area contributed by atoms with Crippen molar-refractivity contribution in [3.8, 4) is 6.07 Å². The minimum Gasteiger partial charge on any atom is -0.370 e. The molecule has 2 N–H and O–H groups in total. The molecule has 2 aromatic rings. The molecular formula is C24H29N5O2. The Bertz CT molecular complexity index is 898. The number of benzene rings is 2. The number of ether oxygens (including phenoxy) is 1. The van der Waals surface area contributed by atoms with Crippen LogP contribution in [0.5, 0.6) is 0 Å². The minimum atomic E-state index is -0.383. The van der Waals surface area contributed by atoms with Crippen LogP contribution in [-0.2, 0) is 17.8 Å². The van der Waals surface area contributed by atoms with E-state index >= 15 is 0 Å². The first-order chi connectivity index (χ1) is 15.1. The predicted octanol–water partition coefficient (Wildman–Crippen LogP) is 2.02. The second kappa shape index (κ2) is 9.92. The number of fused-ring (bicyclic) bond motifs is 2. The van der Waals surface area contributed by atoms with Crippen molar-refractivity contribution >= 4 is 6.03 Å². The van der Waals surface area contributed by atoms with Gasteiger partial charge in [0.15, 0.2) is 0 Å². The molecule has 31 heavy (non-hydrogen) atoms. The molecule has 0 aliphatic carbocycles. The van der Waals surface area contributed by atoms with Crippen LogP contribution in [0, 0.1) is 11.3 Å². The van der Waals surface area contributed by atoms with E-state index in [1.54, 1.807) is 4.90 Å². The lowest BCUT2D eigenvalue weighted by molar-refractivity contribution is -0.140. The molecule has 7 nitrogen and oxygen atoms in total. The highest BCUT2D eigenvalue weighted by Crippen LogP contribution is 2.21. The zero-order valence-corrected chi connectivity index (χ0v) is 17.7. The molecule has 2 unspecified atom stereocenters. The molecule has 0 saturated carbocycles.